The molecule has 0 aromatic heterocycles. The van der Waals surface area contributed by atoms with Crippen molar-refractivity contribution in [3.05, 3.63) is 70.3 Å². The summed E-state index contributed by atoms with van der Waals surface area (Å²) in [5.74, 6) is -0.482. The summed E-state index contributed by atoms with van der Waals surface area (Å²) in [6.07, 6.45) is 0.596. The minimum Gasteiger partial charge on any atom is -0.278 e. The molecule has 1 amide bonds. The zero-order valence-electron chi connectivity index (χ0n) is 12.5. The SMILES string of the molecule is O=C(CCc1ccccc1)NNS(=O)(=O)c1ccc([N+](=O)[O-])cc1. The first-order valence-corrected chi connectivity index (χ1v) is 8.46. The highest BCUT2D eigenvalue weighted by atomic mass is 32.2. The van der Waals surface area contributed by atoms with Gasteiger partial charge in [-0.05, 0) is 24.1 Å². The molecule has 9 heteroatoms. The van der Waals surface area contributed by atoms with Crippen LogP contribution in [0.25, 0.3) is 0 Å². The van der Waals surface area contributed by atoms with Gasteiger partial charge in [-0.2, -0.15) is 0 Å². The van der Waals surface area contributed by atoms with Gasteiger partial charge in [0.05, 0.1) is 9.82 Å². The van der Waals surface area contributed by atoms with Crippen LogP contribution in [0, 0.1) is 10.1 Å². The molecule has 0 fully saturated rings. The Morgan fingerprint density at radius 1 is 1.04 bits per heavy atom. The summed E-state index contributed by atoms with van der Waals surface area (Å²) in [5.41, 5.74) is 2.86. The lowest BCUT2D eigenvalue weighted by Crippen LogP contribution is -2.41. The number of nitro benzene ring substituents is 1. The molecular formula is C15H15N3O5S. The zero-order chi connectivity index (χ0) is 17.6. The van der Waals surface area contributed by atoms with Crippen LogP contribution in [0.15, 0.2) is 59.5 Å². The topological polar surface area (TPSA) is 118 Å². The van der Waals surface area contributed by atoms with Gasteiger partial charge >= 0.3 is 0 Å². The van der Waals surface area contributed by atoms with E-state index in [0.717, 1.165) is 29.8 Å². The van der Waals surface area contributed by atoms with Crippen LogP contribution in [-0.4, -0.2) is 19.2 Å². The van der Waals surface area contributed by atoms with Crippen molar-refractivity contribution in [3.63, 3.8) is 0 Å². The van der Waals surface area contributed by atoms with Crippen LogP contribution in [0.5, 0.6) is 0 Å². The van der Waals surface area contributed by atoms with Crippen LogP contribution >= 0.6 is 0 Å². The second-order valence-electron chi connectivity index (χ2n) is 4.89. The molecule has 0 saturated carbocycles. The Morgan fingerprint density at radius 3 is 2.25 bits per heavy atom. The number of nitrogens with zero attached hydrogens (tertiary/aromatic N) is 1. The van der Waals surface area contributed by atoms with E-state index in [1.54, 1.807) is 0 Å². The second kappa shape index (κ2) is 7.66. The van der Waals surface area contributed by atoms with E-state index in [2.05, 4.69) is 5.43 Å². The van der Waals surface area contributed by atoms with Crippen molar-refractivity contribution in [2.24, 2.45) is 0 Å². The molecule has 0 atom stereocenters. The van der Waals surface area contributed by atoms with Gasteiger partial charge in [0.2, 0.25) is 5.91 Å². The number of amides is 1. The van der Waals surface area contributed by atoms with Crippen molar-refractivity contribution in [2.75, 3.05) is 0 Å². The first kappa shape index (κ1) is 17.6. The average Bonchev–Trinajstić information content (AvgIpc) is 2.59. The molecule has 2 aromatic rings. The van der Waals surface area contributed by atoms with Crippen molar-refractivity contribution in [3.8, 4) is 0 Å². The van der Waals surface area contributed by atoms with Crippen LogP contribution < -0.4 is 10.3 Å². The quantitative estimate of drug-likeness (QED) is 0.580. The lowest BCUT2D eigenvalue weighted by molar-refractivity contribution is -0.384. The van der Waals surface area contributed by atoms with Crippen molar-refractivity contribution >= 4 is 21.6 Å². The Hall–Kier alpha value is -2.78. The lowest BCUT2D eigenvalue weighted by atomic mass is 10.1. The summed E-state index contributed by atoms with van der Waals surface area (Å²) in [6, 6.07) is 13.6. The molecule has 2 aromatic carbocycles. The van der Waals surface area contributed by atoms with Gasteiger partial charge in [-0.3, -0.25) is 20.3 Å². The lowest BCUT2D eigenvalue weighted by Gasteiger charge is -2.08. The minimum absolute atomic E-state index is 0.118. The van der Waals surface area contributed by atoms with Gasteiger partial charge in [0.1, 0.15) is 0 Å². The molecule has 24 heavy (non-hydrogen) atoms. The molecule has 8 nitrogen and oxygen atoms in total. The van der Waals surface area contributed by atoms with Crippen molar-refractivity contribution < 1.29 is 18.1 Å². The Morgan fingerprint density at radius 2 is 1.67 bits per heavy atom. The standard InChI is InChI=1S/C15H15N3O5S/c19-15(11-6-12-4-2-1-3-5-12)16-17-24(22,23)14-9-7-13(8-10-14)18(20)21/h1-5,7-10,17H,6,11H2,(H,16,19). The van der Waals surface area contributed by atoms with E-state index in [0.29, 0.717) is 6.42 Å². The van der Waals surface area contributed by atoms with Crippen LogP contribution in [-0.2, 0) is 21.2 Å². The summed E-state index contributed by atoms with van der Waals surface area (Å²) in [7, 11) is -3.99. The molecule has 0 saturated heterocycles. The molecule has 0 heterocycles. The van der Waals surface area contributed by atoms with E-state index in [-0.39, 0.29) is 17.0 Å². The molecule has 0 bridgehead atoms. The molecule has 0 unspecified atom stereocenters. The highest BCUT2D eigenvalue weighted by Crippen LogP contribution is 2.15. The summed E-state index contributed by atoms with van der Waals surface area (Å²) >= 11 is 0. The highest BCUT2D eigenvalue weighted by Gasteiger charge is 2.16. The van der Waals surface area contributed by atoms with Gasteiger partial charge in [0.25, 0.3) is 15.7 Å². The van der Waals surface area contributed by atoms with Crippen LogP contribution in [0.2, 0.25) is 0 Å². The molecule has 0 spiro atoms. The summed E-state index contributed by atoms with van der Waals surface area (Å²) in [6.45, 7) is 0. The molecule has 0 aliphatic heterocycles. The zero-order valence-corrected chi connectivity index (χ0v) is 13.3. The van der Waals surface area contributed by atoms with E-state index in [1.807, 2.05) is 35.2 Å². The predicted molar refractivity (Wildman–Crippen MR) is 86.3 cm³/mol. The number of hydrogen-bond acceptors (Lipinski definition) is 5. The monoisotopic (exact) mass is 349 g/mol. The third-order valence-electron chi connectivity index (χ3n) is 3.17. The number of hydrogen-bond donors (Lipinski definition) is 2. The molecular weight excluding hydrogens is 334 g/mol. The van der Waals surface area contributed by atoms with Crippen molar-refractivity contribution in [2.45, 2.75) is 17.7 Å². The number of non-ortho nitro benzene ring substituents is 1. The van der Waals surface area contributed by atoms with E-state index in [9.17, 15) is 23.3 Å². The van der Waals surface area contributed by atoms with Gasteiger partial charge in [-0.25, -0.2) is 8.42 Å². The Balaban J connectivity index is 1.89. The first-order valence-electron chi connectivity index (χ1n) is 6.97. The largest absolute Gasteiger partial charge is 0.278 e. The molecule has 0 aliphatic carbocycles. The number of nitrogens with one attached hydrogen (secondary N) is 2. The number of hydrazine groups is 1. The maximum absolute atomic E-state index is 12.0. The van der Waals surface area contributed by atoms with Crippen molar-refractivity contribution in [1.82, 2.24) is 10.3 Å². The van der Waals surface area contributed by atoms with E-state index >= 15 is 0 Å². The van der Waals surface area contributed by atoms with Crippen molar-refractivity contribution in [1.29, 1.82) is 0 Å². The molecule has 0 radical (unpaired) electrons. The molecule has 2 N–H and O–H groups in total. The van der Waals surface area contributed by atoms with Gasteiger partial charge in [0, 0.05) is 18.6 Å². The average molecular weight is 349 g/mol. The number of sulfonamides is 1. The van der Waals surface area contributed by atoms with Gasteiger partial charge in [-0.1, -0.05) is 30.3 Å². The van der Waals surface area contributed by atoms with Crippen LogP contribution in [0.1, 0.15) is 12.0 Å². The van der Waals surface area contributed by atoms with Gasteiger partial charge < -0.3 is 0 Å². The number of rotatable bonds is 7. The first-order chi connectivity index (χ1) is 11.4. The number of nitro groups is 1. The number of carbonyl (C=O) groups is 1. The normalized spacial score (nSPS) is 11.0. The Bertz CT molecular complexity index is 820. The fraction of sp³-hybridized carbons (Fsp3) is 0.133. The summed E-state index contributed by atoms with van der Waals surface area (Å²) in [4.78, 5) is 23.4. The third kappa shape index (κ3) is 4.86. The Labute approximate surface area is 138 Å². The molecule has 0 aliphatic rings. The van der Waals surface area contributed by atoms with E-state index in [4.69, 9.17) is 0 Å². The summed E-state index contributed by atoms with van der Waals surface area (Å²) in [5, 5.41) is 10.5. The number of carbonyl (C=O) groups excluding carboxylic acids is 1. The minimum atomic E-state index is -3.99. The van der Waals surface area contributed by atoms with Gasteiger partial charge in [-0.15, -0.1) is 4.83 Å². The summed E-state index contributed by atoms with van der Waals surface area (Å²) < 4.78 is 24.0. The van der Waals surface area contributed by atoms with Crippen LogP contribution in [0.3, 0.4) is 0 Å². The smallest absolute Gasteiger partial charge is 0.269 e. The maximum Gasteiger partial charge on any atom is 0.269 e. The fourth-order valence-corrected chi connectivity index (χ4v) is 2.76. The second-order valence-corrected chi connectivity index (χ2v) is 6.57. The Kier molecular flexibility index (Phi) is 5.61. The van der Waals surface area contributed by atoms with E-state index < -0.39 is 20.9 Å². The third-order valence-corrected chi connectivity index (χ3v) is 4.43. The van der Waals surface area contributed by atoms with Crippen LogP contribution in [0.4, 0.5) is 5.69 Å². The number of aryl methyl sites for hydroxylation is 1. The fourth-order valence-electron chi connectivity index (χ4n) is 1.90. The highest BCUT2D eigenvalue weighted by molar-refractivity contribution is 7.89. The molecule has 2 rings (SSSR count). The van der Waals surface area contributed by atoms with Gasteiger partial charge in [0.15, 0.2) is 0 Å². The molecule has 126 valence electrons. The maximum atomic E-state index is 12.0. The predicted octanol–water partition coefficient (Wildman–Crippen LogP) is 1.54. The van der Waals surface area contributed by atoms with E-state index in [1.165, 1.54) is 0 Å². The number of benzene rings is 2.